The molecule has 22 heavy (non-hydrogen) atoms. The highest BCUT2D eigenvalue weighted by Gasteiger charge is 2.38. The van der Waals surface area contributed by atoms with Crippen LogP contribution in [-0.4, -0.2) is 17.2 Å². The van der Waals surface area contributed by atoms with Crippen LogP contribution in [0.1, 0.15) is 29.7 Å². The van der Waals surface area contributed by atoms with Gasteiger partial charge in [-0.2, -0.15) is 26.3 Å². The summed E-state index contributed by atoms with van der Waals surface area (Å²) < 4.78 is 76.4. The largest absolute Gasteiger partial charge is 0.465 e. The fourth-order valence-corrected chi connectivity index (χ4v) is 1.81. The fourth-order valence-electron chi connectivity index (χ4n) is 1.81. The van der Waals surface area contributed by atoms with Crippen LogP contribution in [0.15, 0.2) is 18.2 Å². The SMILES string of the molecule is C[C@H](N)[C@H](NC(=O)O)c1cc(C(F)(F)F)cc(C(F)(F)F)c1. The van der Waals surface area contributed by atoms with Crippen molar-refractivity contribution in [2.45, 2.75) is 31.4 Å². The number of benzene rings is 1. The molecule has 0 aliphatic heterocycles. The average molecular weight is 330 g/mol. The van der Waals surface area contributed by atoms with E-state index in [2.05, 4.69) is 0 Å². The van der Waals surface area contributed by atoms with Crippen LogP contribution in [0.25, 0.3) is 0 Å². The molecule has 0 aliphatic rings. The first-order chi connectivity index (χ1) is 9.82. The molecule has 0 spiro atoms. The fraction of sp³-hybridized carbons (Fsp3) is 0.417. The Morgan fingerprint density at radius 2 is 1.50 bits per heavy atom. The molecule has 2 atom stereocenters. The number of amides is 1. The second-order valence-corrected chi connectivity index (χ2v) is 4.63. The van der Waals surface area contributed by atoms with Crippen molar-refractivity contribution in [1.82, 2.24) is 5.32 Å². The molecule has 4 nitrogen and oxygen atoms in total. The Balaban J connectivity index is 3.48. The van der Waals surface area contributed by atoms with E-state index in [1.165, 1.54) is 6.92 Å². The highest BCUT2D eigenvalue weighted by molar-refractivity contribution is 5.65. The number of nitrogens with one attached hydrogen (secondary N) is 1. The first-order valence-corrected chi connectivity index (χ1v) is 5.87. The Morgan fingerprint density at radius 1 is 1.09 bits per heavy atom. The van der Waals surface area contributed by atoms with Gasteiger partial charge >= 0.3 is 18.4 Å². The second kappa shape index (κ2) is 6.03. The molecule has 0 unspecified atom stereocenters. The van der Waals surface area contributed by atoms with Crippen molar-refractivity contribution in [3.8, 4) is 0 Å². The third-order valence-electron chi connectivity index (χ3n) is 2.77. The summed E-state index contributed by atoms with van der Waals surface area (Å²) in [6, 6.07) is -1.61. The lowest BCUT2D eigenvalue weighted by Crippen LogP contribution is -2.38. The van der Waals surface area contributed by atoms with Crippen LogP contribution < -0.4 is 11.1 Å². The molecule has 0 aromatic heterocycles. The van der Waals surface area contributed by atoms with Gasteiger partial charge in [-0.1, -0.05) is 0 Å². The maximum atomic E-state index is 12.7. The standard InChI is InChI=1S/C12H12F6N2O2/c1-5(19)9(20-10(21)22)6-2-7(11(13,14)15)4-8(3-6)12(16,17)18/h2-5,9,20H,19H2,1H3,(H,21,22)/t5-,9-/m0/s1. The summed E-state index contributed by atoms with van der Waals surface area (Å²) in [7, 11) is 0. The maximum Gasteiger partial charge on any atom is 0.416 e. The topological polar surface area (TPSA) is 75.3 Å². The van der Waals surface area contributed by atoms with Crippen molar-refractivity contribution >= 4 is 6.09 Å². The lowest BCUT2D eigenvalue weighted by Gasteiger charge is -2.23. The van der Waals surface area contributed by atoms with Crippen molar-refractivity contribution in [1.29, 1.82) is 0 Å². The molecule has 0 heterocycles. The highest BCUT2D eigenvalue weighted by Crippen LogP contribution is 2.37. The first kappa shape index (κ1) is 18.1. The number of carbonyl (C=O) groups is 1. The Kier molecular flexibility index (Phi) is 4.96. The molecule has 0 aliphatic carbocycles. The number of carboxylic acid groups (broad SMARTS) is 1. The molecule has 1 amide bonds. The zero-order chi connectivity index (χ0) is 17.3. The van der Waals surface area contributed by atoms with E-state index >= 15 is 0 Å². The van der Waals surface area contributed by atoms with Gasteiger partial charge in [0.05, 0.1) is 17.2 Å². The van der Waals surface area contributed by atoms with Crippen LogP contribution in [0.3, 0.4) is 0 Å². The minimum atomic E-state index is -5.01. The predicted molar refractivity (Wildman–Crippen MR) is 64.0 cm³/mol. The van der Waals surface area contributed by atoms with Crippen LogP contribution in [-0.2, 0) is 12.4 Å². The average Bonchev–Trinajstić information content (AvgIpc) is 2.32. The second-order valence-electron chi connectivity index (χ2n) is 4.63. The molecule has 0 fully saturated rings. The minimum Gasteiger partial charge on any atom is -0.465 e. The molecule has 1 aromatic carbocycles. The quantitative estimate of drug-likeness (QED) is 0.744. The lowest BCUT2D eigenvalue weighted by molar-refractivity contribution is -0.143. The van der Waals surface area contributed by atoms with Gasteiger partial charge in [0.25, 0.3) is 0 Å². The summed E-state index contributed by atoms with van der Waals surface area (Å²) >= 11 is 0. The summed E-state index contributed by atoms with van der Waals surface area (Å²) in [5.74, 6) is 0. The molecular weight excluding hydrogens is 318 g/mol. The van der Waals surface area contributed by atoms with E-state index in [0.717, 1.165) is 0 Å². The van der Waals surface area contributed by atoms with Gasteiger partial charge in [0, 0.05) is 6.04 Å². The number of nitrogens with two attached hydrogens (primary N) is 1. The van der Waals surface area contributed by atoms with Gasteiger partial charge in [-0.05, 0) is 30.7 Å². The van der Waals surface area contributed by atoms with E-state index in [0.29, 0.717) is 12.1 Å². The van der Waals surface area contributed by atoms with Crippen LogP contribution in [0.5, 0.6) is 0 Å². The molecule has 0 radical (unpaired) electrons. The van der Waals surface area contributed by atoms with Crippen LogP contribution >= 0.6 is 0 Å². The molecule has 0 bridgehead atoms. The monoisotopic (exact) mass is 330 g/mol. The summed E-state index contributed by atoms with van der Waals surface area (Å²) in [6.45, 7) is 1.26. The zero-order valence-electron chi connectivity index (χ0n) is 11.1. The lowest BCUT2D eigenvalue weighted by atomic mass is 9.96. The Hall–Kier alpha value is -1.97. The number of hydrogen-bond donors (Lipinski definition) is 3. The summed E-state index contributed by atoms with van der Waals surface area (Å²) in [5, 5.41) is 10.5. The van der Waals surface area contributed by atoms with Gasteiger partial charge in [-0.25, -0.2) is 4.79 Å². The van der Waals surface area contributed by atoms with Gasteiger partial charge in [-0.15, -0.1) is 0 Å². The third-order valence-corrected chi connectivity index (χ3v) is 2.77. The highest BCUT2D eigenvalue weighted by atomic mass is 19.4. The van der Waals surface area contributed by atoms with Gasteiger partial charge in [0.15, 0.2) is 0 Å². The Bertz CT molecular complexity index is 521. The van der Waals surface area contributed by atoms with E-state index in [4.69, 9.17) is 10.8 Å². The smallest absolute Gasteiger partial charge is 0.416 e. The van der Waals surface area contributed by atoms with E-state index < -0.39 is 47.2 Å². The van der Waals surface area contributed by atoms with Crippen molar-refractivity contribution in [2.24, 2.45) is 5.73 Å². The van der Waals surface area contributed by atoms with E-state index in [1.54, 1.807) is 0 Å². The summed E-state index contributed by atoms with van der Waals surface area (Å²) in [4.78, 5) is 10.6. The van der Waals surface area contributed by atoms with Gasteiger partial charge in [-0.3, -0.25) is 0 Å². The van der Waals surface area contributed by atoms with Crippen LogP contribution in [0, 0.1) is 0 Å². The van der Waals surface area contributed by atoms with Crippen molar-refractivity contribution < 1.29 is 36.2 Å². The molecule has 1 rings (SSSR count). The van der Waals surface area contributed by atoms with Gasteiger partial charge in [0.2, 0.25) is 0 Å². The van der Waals surface area contributed by atoms with Crippen molar-refractivity contribution in [2.75, 3.05) is 0 Å². The Labute approximate surface area is 120 Å². The maximum absolute atomic E-state index is 12.7. The van der Waals surface area contributed by atoms with Gasteiger partial charge < -0.3 is 16.2 Å². The molecule has 0 saturated carbocycles. The molecule has 124 valence electrons. The summed E-state index contributed by atoms with van der Waals surface area (Å²) in [6.07, 6.45) is -11.6. The number of halogens is 6. The van der Waals surface area contributed by atoms with Crippen LogP contribution in [0.4, 0.5) is 31.1 Å². The molecule has 10 heteroatoms. The predicted octanol–water partition coefficient (Wildman–Crippen LogP) is 3.38. The van der Waals surface area contributed by atoms with Gasteiger partial charge in [0.1, 0.15) is 0 Å². The van der Waals surface area contributed by atoms with E-state index in [-0.39, 0.29) is 6.07 Å². The molecular formula is C12H12F6N2O2. The van der Waals surface area contributed by atoms with E-state index in [1.807, 2.05) is 5.32 Å². The zero-order valence-corrected chi connectivity index (χ0v) is 11.1. The first-order valence-electron chi connectivity index (χ1n) is 5.87. The normalized spacial score (nSPS) is 15.3. The van der Waals surface area contributed by atoms with E-state index in [9.17, 15) is 31.1 Å². The number of rotatable bonds is 3. The number of alkyl halides is 6. The third kappa shape index (κ3) is 4.52. The molecule has 1 aromatic rings. The van der Waals surface area contributed by atoms with Crippen molar-refractivity contribution in [3.05, 3.63) is 34.9 Å². The molecule has 0 saturated heterocycles. The Morgan fingerprint density at radius 3 is 1.77 bits per heavy atom. The summed E-state index contributed by atoms with van der Waals surface area (Å²) in [5.41, 5.74) is 1.87. The molecule has 4 N–H and O–H groups in total. The van der Waals surface area contributed by atoms with Crippen LogP contribution in [0.2, 0.25) is 0 Å². The van der Waals surface area contributed by atoms with Crippen molar-refractivity contribution in [3.63, 3.8) is 0 Å². The minimum absolute atomic E-state index is 0.0392. The number of hydrogen-bond acceptors (Lipinski definition) is 2.